The molecule has 0 saturated carbocycles. The Labute approximate surface area is 186 Å². The van der Waals surface area contributed by atoms with E-state index in [9.17, 15) is 4.79 Å². The van der Waals surface area contributed by atoms with E-state index in [1.165, 1.54) is 18.4 Å². The molecular weight excluding hydrogens is 416 g/mol. The average molecular weight is 445 g/mol. The van der Waals surface area contributed by atoms with Crippen molar-refractivity contribution in [2.45, 2.75) is 45.4 Å². The van der Waals surface area contributed by atoms with Crippen LogP contribution in [0.25, 0.3) is 0 Å². The molecule has 2 atom stereocenters. The van der Waals surface area contributed by atoms with Crippen LogP contribution in [-0.2, 0) is 16.1 Å². The molecule has 1 aliphatic heterocycles. The molecule has 3 rings (SSSR count). The second-order valence-electron chi connectivity index (χ2n) is 7.57. The van der Waals surface area contributed by atoms with Gasteiger partial charge in [-0.15, -0.1) is 11.3 Å². The van der Waals surface area contributed by atoms with E-state index in [-0.39, 0.29) is 18.1 Å². The van der Waals surface area contributed by atoms with Crippen molar-refractivity contribution in [1.29, 1.82) is 5.26 Å². The maximum atomic E-state index is 12.2. The summed E-state index contributed by atoms with van der Waals surface area (Å²) in [5.41, 5.74) is 1.46. The van der Waals surface area contributed by atoms with Crippen molar-refractivity contribution in [2.24, 2.45) is 0 Å². The molecule has 0 bridgehead atoms. The molecule has 2 unspecified atom stereocenters. The van der Waals surface area contributed by atoms with Crippen LogP contribution in [0.15, 0.2) is 23.6 Å². The molecule has 0 radical (unpaired) electrons. The Morgan fingerprint density at radius 2 is 2.13 bits per heavy atom. The fourth-order valence-corrected chi connectivity index (χ4v) is 4.25. The van der Waals surface area contributed by atoms with Gasteiger partial charge in [-0.2, -0.15) is 5.26 Å². The van der Waals surface area contributed by atoms with Gasteiger partial charge in [-0.25, -0.2) is 4.98 Å². The van der Waals surface area contributed by atoms with Crippen molar-refractivity contribution in [3.05, 3.63) is 34.8 Å². The third-order valence-electron chi connectivity index (χ3n) is 4.78. The van der Waals surface area contributed by atoms with Crippen LogP contribution in [0, 0.1) is 11.3 Å². The normalized spacial score (nSPS) is 18.9. The molecule has 9 heteroatoms. The van der Waals surface area contributed by atoms with E-state index in [0.717, 1.165) is 25.3 Å². The summed E-state index contributed by atoms with van der Waals surface area (Å²) in [5.74, 6) is 0.964. The van der Waals surface area contributed by atoms with Gasteiger partial charge in [0.05, 0.1) is 43.3 Å². The van der Waals surface area contributed by atoms with Gasteiger partial charge < -0.3 is 19.5 Å². The van der Waals surface area contributed by atoms with E-state index in [2.05, 4.69) is 35.1 Å². The lowest BCUT2D eigenvalue weighted by Crippen LogP contribution is -2.44. The SMILES string of the molecule is COc1cc(C#N)ccc1OCCCC(=O)Nc1nc(CN2CC(C)OC(C)C2)cs1. The molecule has 1 amide bonds. The number of amides is 1. The first-order valence-electron chi connectivity index (χ1n) is 10.3. The lowest BCUT2D eigenvalue weighted by Gasteiger charge is -2.34. The molecule has 2 heterocycles. The Morgan fingerprint density at radius 1 is 1.35 bits per heavy atom. The zero-order chi connectivity index (χ0) is 22.2. The first kappa shape index (κ1) is 23.0. The number of rotatable bonds is 9. The van der Waals surface area contributed by atoms with Gasteiger partial charge in [0.15, 0.2) is 16.6 Å². The van der Waals surface area contributed by atoms with Crippen molar-refractivity contribution in [1.82, 2.24) is 9.88 Å². The summed E-state index contributed by atoms with van der Waals surface area (Å²) >= 11 is 1.44. The summed E-state index contributed by atoms with van der Waals surface area (Å²) in [5, 5.41) is 14.4. The molecular formula is C22H28N4O4S. The predicted molar refractivity (Wildman–Crippen MR) is 118 cm³/mol. The second-order valence-corrected chi connectivity index (χ2v) is 8.43. The number of ether oxygens (including phenoxy) is 3. The van der Waals surface area contributed by atoms with Crippen LogP contribution in [-0.4, -0.2) is 54.8 Å². The number of carbonyl (C=O) groups excluding carboxylic acids is 1. The summed E-state index contributed by atoms with van der Waals surface area (Å²) in [6.07, 6.45) is 1.31. The molecule has 31 heavy (non-hydrogen) atoms. The molecule has 1 aromatic carbocycles. The largest absolute Gasteiger partial charge is 0.493 e. The number of benzene rings is 1. The zero-order valence-corrected chi connectivity index (χ0v) is 18.9. The predicted octanol–water partition coefficient (Wildman–Crippen LogP) is 3.43. The van der Waals surface area contributed by atoms with Crippen LogP contribution in [0.4, 0.5) is 5.13 Å². The van der Waals surface area contributed by atoms with E-state index >= 15 is 0 Å². The maximum absolute atomic E-state index is 12.2. The molecule has 0 spiro atoms. The van der Waals surface area contributed by atoms with Gasteiger partial charge in [0.2, 0.25) is 5.91 Å². The fourth-order valence-electron chi connectivity index (χ4n) is 3.53. The lowest BCUT2D eigenvalue weighted by molar-refractivity contribution is -0.116. The summed E-state index contributed by atoms with van der Waals surface area (Å²) < 4.78 is 16.7. The van der Waals surface area contributed by atoms with E-state index in [1.807, 2.05) is 5.38 Å². The number of nitrogens with zero attached hydrogens (tertiary/aromatic N) is 3. The zero-order valence-electron chi connectivity index (χ0n) is 18.1. The van der Waals surface area contributed by atoms with Gasteiger partial charge >= 0.3 is 0 Å². The molecule has 8 nitrogen and oxygen atoms in total. The fraction of sp³-hybridized carbons (Fsp3) is 0.500. The summed E-state index contributed by atoms with van der Waals surface area (Å²) in [6.45, 7) is 7.05. The van der Waals surface area contributed by atoms with Gasteiger partial charge in [0.1, 0.15) is 0 Å². The van der Waals surface area contributed by atoms with E-state index in [0.29, 0.717) is 41.6 Å². The highest BCUT2D eigenvalue weighted by molar-refractivity contribution is 7.13. The van der Waals surface area contributed by atoms with Crippen LogP contribution in [0.3, 0.4) is 0 Å². The minimum atomic E-state index is -0.0927. The molecule has 1 aromatic heterocycles. The van der Waals surface area contributed by atoms with Gasteiger partial charge in [-0.1, -0.05) is 0 Å². The van der Waals surface area contributed by atoms with Crippen molar-refractivity contribution in [3.63, 3.8) is 0 Å². The van der Waals surface area contributed by atoms with Crippen LogP contribution in [0.2, 0.25) is 0 Å². The third kappa shape index (κ3) is 6.92. The van der Waals surface area contributed by atoms with Gasteiger partial charge in [0, 0.05) is 37.5 Å². The summed E-state index contributed by atoms with van der Waals surface area (Å²) in [7, 11) is 1.53. The molecule has 1 aliphatic rings. The Balaban J connectivity index is 1.40. The topological polar surface area (TPSA) is 96.7 Å². The average Bonchev–Trinajstić information content (AvgIpc) is 3.16. The smallest absolute Gasteiger partial charge is 0.226 e. The van der Waals surface area contributed by atoms with Gasteiger partial charge in [-0.05, 0) is 32.4 Å². The van der Waals surface area contributed by atoms with Crippen molar-refractivity contribution in [2.75, 3.05) is 32.1 Å². The number of carbonyl (C=O) groups is 1. The highest BCUT2D eigenvalue weighted by Crippen LogP contribution is 2.28. The molecule has 0 aliphatic carbocycles. The molecule has 2 aromatic rings. The molecule has 1 N–H and O–H groups in total. The highest BCUT2D eigenvalue weighted by atomic mass is 32.1. The third-order valence-corrected chi connectivity index (χ3v) is 5.58. The maximum Gasteiger partial charge on any atom is 0.226 e. The standard InChI is InChI=1S/C22H28N4O4S/c1-15-11-26(12-16(2)30-15)13-18-14-31-22(24-18)25-21(27)5-4-8-29-19-7-6-17(10-23)9-20(19)28-3/h6-7,9,14-16H,4-5,8,11-13H2,1-3H3,(H,24,25,27). The van der Waals surface area contributed by atoms with E-state index in [4.69, 9.17) is 19.5 Å². The number of nitrogens with one attached hydrogen (secondary N) is 1. The monoisotopic (exact) mass is 444 g/mol. The quantitative estimate of drug-likeness (QED) is 0.592. The first-order valence-corrected chi connectivity index (χ1v) is 11.2. The Morgan fingerprint density at radius 3 is 2.84 bits per heavy atom. The number of anilines is 1. The number of aromatic nitrogens is 1. The number of nitriles is 1. The van der Waals surface area contributed by atoms with Gasteiger partial charge in [0.25, 0.3) is 0 Å². The van der Waals surface area contributed by atoms with Crippen molar-refractivity contribution >= 4 is 22.4 Å². The van der Waals surface area contributed by atoms with Gasteiger partial charge in [-0.3, -0.25) is 9.69 Å². The minimum absolute atomic E-state index is 0.0927. The Hall–Kier alpha value is -2.67. The Bertz CT molecular complexity index is 916. The molecule has 1 saturated heterocycles. The van der Waals surface area contributed by atoms with Crippen LogP contribution >= 0.6 is 11.3 Å². The Kier molecular flexibility index (Phi) is 8.23. The van der Waals surface area contributed by atoms with Crippen LogP contribution < -0.4 is 14.8 Å². The first-order chi connectivity index (χ1) is 15.0. The molecule has 166 valence electrons. The second kappa shape index (κ2) is 11.1. The number of hydrogen-bond acceptors (Lipinski definition) is 8. The van der Waals surface area contributed by atoms with E-state index < -0.39 is 0 Å². The van der Waals surface area contributed by atoms with Crippen LogP contribution in [0.1, 0.15) is 37.9 Å². The highest BCUT2D eigenvalue weighted by Gasteiger charge is 2.22. The van der Waals surface area contributed by atoms with Crippen molar-refractivity contribution < 1.29 is 19.0 Å². The number of morpholine rings is 1. The van der Waals surface area contributed by atoms with Crippen LogP contribution in [0.5, 0.6) is 11.5 Å². The number of thiazole rings is 1. The van der Waals surface area contributed by atoms with E-state index in [1.54, 1.807) is 18.2 Å². The molecule has 1 fully saturated rings. The minimum Gasteiger partial charge on any atom is -0.493 e. The summed E-state index contributed by atoms with van der Waals surface area (Å²) in [4.78, 5) is 19.1. The number of methoxy groups -OCH3 is 1. The summed E-state index contributed by atoms with van der Waals surface area (Å²) in [6, 6.07) is 7.05. The van der Waals surface area contributed by atoms with Crippen molar-refractivity contribution in [3.8, 4) is 17.6 Å². The lowest BCUT2D eigenvalue weighted by atomic mass is 10.2. The number of hydrogen-bond donors (Lipinski definition) is 1.